The Hall–Kier alpha value is -2.15. The van der Waals surface area contributed by atoms with E-state index in [1.807, 2.05) is 4.68 Å². The second-order valence-electron chi connectivity index (χ2n) is 6.34. The fourth-order valence-corrected chi connectivity index (χ4v) is 4.72. The molecule has 24 heavy (non-hydrogen) atoms. The quantitative estimate of drug-likeness (QED) is 0.781. The third-order valence-corrected chi connectivity index (χ3v) is 6.02. The first-order chi connectivity index (χ1) is 11.6. The molecule has 0 saturated heterocycles. The average molecular weight is 345 g/mol. The van der Waals surface area contributed by atoms with Crippen molar-refractivity contribution in [3.05, 3.63) is 45.7 Å². The van der Waals surface area contributed by atoms with E-state index in [-0.39, 0.29) is 28.5 Å². The average Bonchev–Trinajstić information content (AvgIpc) is 3.15. The Balaban J connectivity index is 1.83. The summed E-state index contributed by atoms with van der Waals surface area (Å²) >= 11 is 1.44. The van der Waals surface area contributed by atoms with Crippen molar-refractivity contribution in [1.82, 2.24) is 9.78 Å². The number of H-pyrrole nitrogens is 1. The van der Waals surface area contributed by atoms with Crippen LogP contribution in [0.25, 0.3) is 0 Å². The van der Waals surface area contributed by atoms with Gasteiger partial charge in [0.05, 0.1) is 22.6 Å². The molecule has 1 atom stereocenters. The molecule has 1 aromatic heterocycles. The Morgan fingerprint density at radius 1 is 1.12 bits per heavy atom. The zero-order chi connectivity index (χ0) is 16.7. The predicted molar refractivity (Wildman–Crippen MR) is 93.6 cm³/mol. The molecule has 0 bridgehead atoms. The number of hydrogen-bond donors (Lipinski definition) is 3. The van der Waals surface area contributed by atoms with Crippen LogP contribution in [0.5, 0.6) is 5.75 Å². The van der Waals surface area contributed by atoms with Crippen LogP contribution in [0.15, 0.2) is 29.1 Å². The SMILES string of the molecule is O=C1CS[C@H](c2ccc(O)cc2)c2c(n(C3CCCC3)[nH]c2=O)N1. The van der Waals surface area contributed by atoms with E-state index < -0.39 is 0 Å². The van der Waals surface area contributed by atoms with Crippen molar-refractivity contribution in [2.45, 2.75) is 37.0 Å². The summed E-state index contributed by atoms with van der Waals surface area (Å²) in [4.78, 5) is 24.8. The number of nitrogens with zero attached hydrogens (tertiary/aromatic N) is 1. The van der Waals surface area contributed by atoms with Crippen LogP contribution in [-0.4, -0.2) is 26.5 Å². The minimum absolute atomic E-state index is 0.0896. The number of carbonyl (C=O) groups excluding carboxylic acids is 1. The minimum atomic E-state index is -0.231. The van der Waals surface area contributed by atoms with Crippen LogP contribution in [0, 0.1) is 0 Å². The molecule has 6 nitrogen and oxygen atoms in total. The van der Waals surface area contributed by atoms with Gasteiger partial charge in [-0.1, -0.05) is 25.0 Å². The number of thioether (sulfide) groups is 1. The van der Waals surface area contributed by atoms with E-state index in [1.54, 1.807) is 24.3 Å². The Bertz CT molecular complexity index is 819. The molecule has 2 aliphatic rings. The Morgan fingerprint density at radius 3 is 2.54 bits per heavy atom. The predicted octanol–water partition coefficient (Wildman–Crippen LogP) is 2.77. The topological polar surface area (TPSA) is 87.1 Å². The maximum absolute atomic E-state index is 12.7. The number of fused-ring (bicyclic) bond motifs is 1. The standard InChI is InChI=1S/C17H19N3O3S/c21-12-7-5-10(6-8-12)15-14-16(18-13(22)9-24-15)20(19-17(14)23)11-3-1-2-4-11/h5-8,11,15,21H,1-4,9H2,(H,18,22)(H,19,23)/t15-/m1/s1. The molecule has 2 heterocycles. The summed E-state index contributed by atoms with van der Waals surface area (Å²) in [5.41, 5.74) is 1.36. The van der Waals surface area contributed by atoms with Crippen LogP contribution in [-0.2, 0) is 4.79 Å². The smallest absolute Gasteiger partial charge is 0.270 e. The van der Waals surface area contributed by atoms with Crippen LogP contribution in [0.4, 0.5) is 5.82 Å². The molecule has 1 fully saturated rings. The fraction of sp³-hybridized carbons (Fsp3) is 0.412. The van der Waals surface area contributed by atoms with E-state index >= 15 is 0 Å². The highest BCUT2D eigenvalue weighted by Crippen LogP contribution is 2.42. The maximum atomic E-state index is 12.7. The molecular weight excluding hydrogens is 326 g/mol. The monoisotopic (exact) mass is 345 g/mol. The van der Waals surface area contributed by atoms with Crippen molar-refractivity contribution in [1.29, 1.82) is 0 Å². The number of hydrogen-bond acceptors (Lipinski definition) is 4. The number of aromatic nitrogens is 2. The second-order valence-corrected chi connectivity index (χ2v) is 7.44. The molecule has 1 amide bonds. The van der Waals surface area contributed by atoms with Gasteiger partial charge in [0.15, 0.2) is 0 Å². The molecule has 7 heteroatoms. The Kier molecular flexibility index (Phi) is 3.88. The van der Waals surface area contributed by atoms with E-state index in [0.717, 1.165) is 31.2 Å². The molecule has 0 spiro atoms. The van der Waals surface area contributed by atoms with Gasteiger partial charge >= 0.3 is 0 Å². The lowest BCUT2D eigenvalue weighted by molar-refractivity contribution is -0.113. The van der Waals surface area contributed by atoms with Gasteiger partial charge in [-0.05, 0) is 30.5 Å². The van der Waals surface area contributed by atoms with Gasteiger partial charge in [-0.3, -0.25) is 19.4 Å². The second kappa shape index (κ2) is 6.05. The number of phenols is 1. The molecule has 2 aromatic rings. The largest absolute Gasteiger partial charge is 0.508 e. The molecule has 0 radical (unpaired) electrons. The van der Waals surface area contributed by atoms with Gasteiger partial charge in [-0.2, -0.15) is 0 Å². The number of amides is 1. The Morgan fingerprint density at radius 2 is 1.83 bits per heavy atom. The lowest BCUT2D eigenvalue weighted by Gasteiger charge is -2.16. The molecule has 1 saturated carbocycles. The van der Waals surface area contributed by atoms with Crippen molar-refractivity contribution in [2.75, 3.05) is 11.1 Å². The highest BCUT2D eigenvalue weighted by atomic mass is 32.2. The van der Waals surface area contributed by atoms with Crippen LogP contribution >= 0.6 is 11.8 Å². The van der Waals surface area contributed by atoms with Crippen LogP contribution in [0.2, 0.25) is 0 Å². The van der Waals surface area contributed by atoms with Crippen molar-refractivity contribution in [3.63, 3.8) is 0 Å². The number of phenolic OH excluding ortho intramolecular Hbond substituents is 1. The van der Waals surface area contributed by atoms with Crippen LogP contribution < -0.4 is 10.9 Å². The van der Waals surface area contributed by atoms with Gasteiger partial charge in [-0.15, -0.1) is 11.8 Å². The number of anilines is 1. The summed E-state index contributed by atoms with van der Waals surface area (Å²) < 4.78 is 1.86. The first-order valence-corrected chi connectivity index (χ1v) is 9.23. The van der Waals surface area contributed by atoms with Gasteiger partial charge < -0.3 is 10.4 Å². The number of aromatic amines is 1. The van der Waals surface area contributed by atoms with Crippen molar-refractivity contribution in [2.24, 2.45) is 0 Å². The number of rotatable bonds is 2. The first kappa shape index (κ1) is 15.4. The third-order valence-electron chi connectivity index (χ3n) is 4.75. The van der Waals surface area contributed by atoms with Crippen molar-refractivity contribution in [3.8, 4) is 5.75 Å². The number of nitrogens with one attached hydrogen (secondary N) is 2. The highest BCUT2D eigenvalue weighted by molar-refractivity contribution is 8.00. The molecule has 3 N–H and O–H groups in total. The number of benzene rings is 1. The van der Waals surface area contributed by atoms with Crippen LogP contribution in [0.3, 0.4) is 0 Å². The van der Waals surface area contributed by atoms with Gasteiger partial charge in [-0.25, -0.2) is 0 Å². The number of aromatic hydroxyl groups is 1. The molecule has 4 rings (SSSR count). The molecule has 0 unspecified atom stereocenters. The molecule has 1 aromatic carbocycles. The van der Waals surface area contributed by atoms with E-state index in [0.29, 0.717) is 17.1 Å². The van der Waals surface area contributed by atoms with Crippen LogP contribution in [0.1, 0.15) is 48.1 Å². The summed E-state index contributed by atoms with van der Waals surface area (Å²) in [6, 6.07) is 7.07. The fourth-order valence-electron chi connectivity index (χ4n) is 3.59. The van der Waals surface area contributed by atoms with Gasteiger partial charge in [0.1, 0.15) is 11.6 Å². The minimum Gasteiger partial charge on any atom is -0.508 e. The van der Waals surface area contributed by atoms with Gasteiger partial charge in [0.25, 0.3) is 5.56 Å². The summed E-state index contributed by atoms with van der Waals surface area (Å²) in [5, 5.41) is 15.1. The highest BCUT2D eigenvalue weighted by Gasteiger charge is 2.32. The first-order valence-electron chi connectivity index (χ1n) is 8.18. The van der Waals surface area contributed by atoms with E-state index in [9.17, 15) is 14.7 Å². The summed E-state index contributed by atoms with van der Waals surface area (Å²) in [7, 11) is 0. The van der Waals surface area contributed by atoms with E-state index in [4.69, 9.17) is 0 Å². The summed E-state index contributed by atoms with van der Waals surface area (Å²) in [6.07, 6.45) is 4.32. The Labute approximate surface area is 143 Å². The summed E-state index contributed by atoms with van der Waals surface area (Å²) in [5.74, 6) is 1.00. The number of carbonyl (C=O) groups is 1. The zero-order valence-electron chi connectivity index (χ0n) is 13.1. The normalized spacial score (nSPS) is 21.3. The third kappa shape index (κ3) is 2.62. The van der Waals surface area contributed by atoms with Crippen molar-refractivity contribution < 1.29 is 9.90 Å². The van der Waals surface area contributed by atoms with Crippen molar-refractivity contribution >= 4 is 23.5 Å². The molecule has 1 aliphatic heterocycles. The molecule has 126 valence electrons. The lowest BCUT2D eigenvalue weighted by atomic mass is 10.1. The molecular formula is C17H19N3O3S. The zero-order valence-corrected chi connectivity index (χ0v) is 13.9. The van der Waals surface area contributed by atoms with Gasteiger partial charge in [0.2, 0.25) is 5.91 Å². The van der Waals surface area contributed by atoms with Gasteiger partial charge in [0, 0.05) is 0 Å². The summed E-state index contributed by atoms with van der Waals surface area (Å²) in [6.45, 7) is 0. The maximum Gasteiger partial charge on any atom is 0.270 e. The van der Waals surface area contributed by atoms with E-state index in [2.05, 4.69) is 10.4 Å². The van der Waals surface area contributed by atoms with E-state index in [1.165, 1.54) is 11.8 Å². The molecule has 1 aliphatic carbocycles. The lowest BCUT2D eigenvalue weighted by Crippen LogP contribution is -2.18.